The van der Waals surface area contributed by atoms with Gasteiger partial charge in [0.15, 0.2) is 0 Å². The van der Waals surface area contributed by atoms with Gasteiger partial charge in [0.1, 0.15) is 11.4 Å². The number of carboxylic acids is 2. The van der Waals surface area contributed by atoms with Crippen molar-refractivity contribution >= 4 is 22.8 Å². The molecule has 0 spiro atoms. The SMILES string of the molecule is CC(C(=O)O)c1cc2c(cc1F)c(=O)c(C(=O)O)cn2C1CC1. The van der Waals surface area contributed by atoms with E-state index >= 15 is 0 Å². The van der Waals surface area contributed by atoms with Gasteiger partial charge in [0.25, 0.3) is 0 Å². The monoisotopic (exact) mass is 319 g/mol. The second kappa shape index (κ2) is 5.19. The molecule has 6 nitrogen and oxygen atoms in total. The Kier molecular flexibility index (Phi) is 3.43. The van der Waals surface area contributed by atoms with Gasteiger partial charge in [0.05, 0.1) is 11.4 Å². The van der Waals surface area contributed by atoms with Crippen molar-refractivity contribution in [3.63, 3.8) is 0 Å². The van der Waals surface area contributed by atoms with Crippen molar-refractivity contribution in [2.24, 2.45) is 0 Å². The third-order valence-corrected chi connectivity index (χ3v) is 4.16. The van der Waals surface area contributed by atoms with E-state index in [0.717, 1.165) is 18.9 Å². The van der Waals surface area contributed by atoms with Crippen molar-refractivity contribution in [3.05, 3.63) is 45.5 Å². The Bertz CT molecular complexity index is 897. The lowest BCUT2D eigenvalue weighted by Gasteiger charge is -2.15. The summed E-state index contributed by atoms with van der Waals surface area (Å²) < 4.78 is 15.9. The average Bonchev–Trinajstić information content (AvgIpc) is 3.31. The maximum atomic E-state index is 14.2. The highest BCUT2D eigenvalue weighted by atomic mass is 19.1. The van der Waals surface area contributed by atoms with Crippen LogP contribution in [0.1, 0.15) is 47.6 Å². The van der Waals surface area contributed by atoms with E-state index < -0.39 is 34.7 Å². The zero-order valence-electron chi connectivity index (χ0n) is 12.2. The second-order valence-corrected chi connectivity index (χ2v) is 5.77. The molecule has 7 heteroatoms. The molecule has 1 fully saturated rings. The molecule has 120 valence electrons. The number of aromatic carboxylic acids is 1. The van der Waals surface area contributed by atoms with Gasteiger partial charge in [-0.25, -0.2) is 9.18 Å². The number of nitrogens with zero attached hydrogens (tertiary/aromatic N) is 1. The molecule has 0 aliphatic heterocycles. The van der Waals surface area contributed by atoms with Crippen LogP contribution in [-0.4, -0.2) is 26.7 Å². The zero-order valence-corrected chi connectivity index (χ0v) is 12.2. The van der Waals surface area contributed by atoms with Gasteiger partial charge in [0, 0.05) is 23.2 Å². The topological polar surface area (TPSA) is 96.6 Å². The van der Waals surface area contributed by atoms with E-state index in [2.05, 4.69) is 0 Å². The fraction of sp³-hybridized carbons (Fsp3) is 0.312. The van der Waals surface area contributed by atoms with Gasteiger partial charge in [-0.15, -0.1) is 0 Å². The Morgan fingerprint density at radius 1 is 1.30 bits per heavy atom. The van der Waals surface area contributed by atoms with E-state index in [-0.39, 0.29) is 17.0 Å². The molecular weight excluding hydrogens is 305 g/mol. The molecule has 1 aromatic carbocycles. The van der Waals surface area contributed by atoms with Crippen molar-refractivity contribution < 1.29 is 24.2 Å². The van der Waals surface area contributed by atoms with Crippen molar-refractivity contribution in [1.82, 2.24) is 4.57 Å². The minimum absolute atomic E-state index is 0.0260. The quantitative estimate of drug-likeness (QED) is 0.901. The molecule has 0 saturated heterocycles. The first-order valence-corrected chi connectivity index (χ1v) is 7.15. The summed E-state index contributed by atoms with van der Waals surface area (Å²) in [7, 11) is 0. The van der Waals surface area contributed by atoms with Crippen LogP contribution in [-0.2, 0) is 4.79 Å². The number of carbonyl (C=O) groups is 2. The lowest BCUT2D eigenvalue weighted by Crippen LogP contribution is -2.19. The Morgan fingerprint density at radius 3 is 2.48 bits per heavy atom. The number of hydrogen-bond acceptors (Lipinski definition) is 3. The fourth-order valence-electron chi connectivity index (χ4n) is 2.66. The highest BCUT2D eigenvalue weighted by Crippen LogP contribution is 2.37. The lowest BCUT2D eigenvalue weighted by molar-refractivity contribution is -0.138. The molecule has 1 heterocycles. The smallest absolute Gasteiger partial charge is 0.341 e. The minimum atomic E-state index is -1.37. The molecule has 0 radical (unpaired) electrons. The Morgan fingerprint density at radius 2 is 1.96 bits per heavy atom. The Hall–Kier alpha value is -2.70. The summed E-state index contributed by atoms with van der Waals surface area (Å²) in [4.78, 5) is 34.6. The first-order valence-electron chi connectivity index (χ1n) is 7.15. The highest BCUT2D eigenvalue weighted by Gasteiger charge is 2.28. The molecule has 2 aromatic rings. The summed E-state index contributed by atoms with van der Waals surface area (Å²) in [5.41, 5.74) is -0.838. The Balaban J connectivity index is 2.36. The summed E-state index contributed by atoms with van der Waals surface area (Å²) in [6, 6.07) is 2.33. The molecule has 1 aromatic heterocycles. The minimum Gasteiger partial charge on any atom is -0.481 e. The van der Waals surface area contributed by atoms with Gasteiger partial charge in [-0.05, 0) is 31.9 Å². The standard InChI is InChI=1S/C16H14FNO5/c1-7(15(20)21)9-5-13-10(4-12(9)17)14(19)11(16(22)23)6-18(13)8-2-3-8/h4-8H,2-3H2,1H3,(H,20,21)(H,22,23). The average molecular weight is 319 g/mol. The van der Waals surface area contributed by atoms with Crippen molar-refractivity contribution in [2.75, 3.05) is 0 Å². The van der Waals surface area contributed by atoms with Crippen LogP contribution in [0.4, 0.5) is 4.39 Å². The van der Waals surface area contributed by atoms with E-state index in [9.17, 15) is 18.8 Å². The maximum Gasteiger partial charge on any atom is 0.341 e. The summed E-state index contributed by atoms with van der Waals surface area (Å²) >= 11 is 0. The number of fused-ring (bicyclic) bond motifs is 1. The van der Waals surface area contributed by atoms with Crippen LogP contribution in [0.3, 0.4) is 0 Å². The molecule has 1 atom stereocenters. The largest absolute Gasteiger partial charge is 0.481 e. The molecule has 1 aliphatic carbocycles. The van der Waals surface area contributed by atoms with Crippen LogP contribution in [0.25, 0.3) is 10.9 Å². The number of benzene rings is 1. The summed E-state index contributed by atoms with van der Waals surface area (Å²) in [6.45, 7) is 1.36. The number of aliphatic carboxylic acids is 1. The van der Waals surface area contributed by atoms with Gasteiger partial charge >= 0.3 is 11.9 Å². The molecule has 0 amide bonds. The van der Waals surface area contributed by atoms with Gasteiger partial charge < -0.3 is 14.8 Å². The summed E-state index contributed by atoms with van der Waals surface area (Å²) in [5, 5.41) is 18.2. The van der Waals surface area contributed by atoms with Crippen LogP contribution in [0, 0.1) is 5.82 Å². The number of carboxylic acid groups (broad SMARTS) is 2. The second-order valence-electron chi connectivity index (χ2n) is 5.77. The number of pyridine rings is 1. The zero-order chi connectivity index (χ0) is 16.9. The van der Waals surface area contributed by atoms with Crippen LogP contribution < -0.4 is 5.43 Å². The molecule has 0 bridgehead atoms. The molecule has 2 N–H and O–H groups in total. The van der Waals surface area contributed by atoms with Crippen LogP contribution >= 0.6 is 0 Å². The molecular formula is C16H14FNO5. The van der Waals surface area contributed by atoms with Crippen molar-refractivity contribution in [3.8, 4) is 0 Å². The van der Waals surface area contributed by atoms with Gasteiger partial charge in [0.2, 0.25) is 5.43 Å². The molecule has 1 aliphatic rings. The van der Waals surface area contributed by atoms with E-state index in [1.54, 1.807) is 4.57 Å². The fourth-order valence-corrected chi connectivity index (χ4v) is 2.66. The lowest BCUT2D eigenvalue weighted by atomic mass is 9.98. The van der Waals surface area contributed by atoms with Crippen LogP contribution in [0.5, 0.6) is 0 Å². The predicted molar refractivity (Wildman–Crippen MR) is 79.4 cm³/mol. The van der Waals surface area contributed by atoms with Crippen molar-refractivity contribution in [2.45, 2.75) is 31.7 Å². The van der Waals surface area contributed by atoms with E-state index in [1.165, 1.54) is 19.2 Å². The molecule has 23 heavy (non-hydrogen) atoms. The maximum absolute atomic E-state index is 14.2. The molecule has 1 unspecified atom stereocenters. The van der Waals surface area contributed by atoms with Gasteiger partial charge in [-0.1, -0.05) is 0 Å². The predicted octanol–water partition coefficient (Wildman–Crippen LogP) is 2.36. The van der Waals surface area contributed by atoms with Gasteiger partial charge in [-0.3, -0.25) is 9.59 Å². The summed E-state index contributed by atoms with van der Waals surface area (Å²) in [6.07, 6.45) is 2.92. The van der Waals surface area contributed by atoms with E-state index in [0.29, 0.717) is 5.52 Å². The van der Waals surface area contributed by atoms with E-state index in [1.807, 2.05) is 0 Å². The number of hydrogen-bond donors (Lipinski definition) is 2. The third-order valence-electron chi connectivity index (χ3n) is 4.16. The van der Waals surface area contributed by atoms with Gasteiger partial charge in [-0.2, -0.15) is 0 Å². The third kappa shape index (κ3) is 2.48. The number of aromatic nitrogens is 1. The molecule has 1 saturated carbocycles. The first kappa shape index (κ1) is 15.2. The number of rotatable bonds is 4. The Labute approximate surface area is 129 Å². The number of halogens is 1. The van der Waals surface area contributed by atoms with Crippen LogP contribution in [0.2, 0.25) is 0 Å². The van der Waals surface area contributed by atoms with Crippen molar-refractivity contribution in [1.29, 1.82) is 0 Å². The van der Waals surface area contributed by atoms with Crippen LogP contribution in [0.15, 0.2) is 23.1 Å². The normalized spacial score (nSPS) is 15.6. The molecule has 3 rings (SSSR count). The van der Waals surface area contributed by atoms with E-state index in [4.69, 9.17) is 10.2 Å². The highest BCUT2D eigenvalue weighted by molar-refractivity contribution is 5.93. The summed E-state index contributed by atoms with van der Waals surface area (Å²) in [5.74, 6) is -4.43. The first-order chi connectivity index (χ1) is 10.8.